The van der Waals surface area contributed by atoms with Crippen LogP contribution < -0.4 is 15.4 Å². The average molecular weight is 862 g/mol. The molecule has 6 rings (SSSR count). The second-order valence-electron chi connectivity index (χ2n) is 15.7. The van der Waals surface area contributed by atoms with Crippen molar-refractivity contribution in [2.24, 2.45) is 5.92 Å². The number of aromatic hydroxyl groups is 1. The second-order valence-corrected chi connectivity index (χ2v) is 16.5. The van der Waals surface area contributed by atoms with Gasteiger partial charge >= 0.3 is 0 Å². The summed E-state index contributed by atoms with van der Waals surface area (Å²) in [5.74, 6) is 2.73. The molecule has 10 nitrogen and oxygen atoms in total. The summed E-state index contributed by atoms with van der Waals surface area (Å²) in [6.45, 7) is 18.1. The van der Waals surface area contributed by atoms with E-state index in [9.17, 15) is 5.11 Å². The lowest BCUT2D eigenvalue weighted by Gasteiger charge is -2.22. The lowest BCUT2D eigenvalue weighted by Crippen LogP contribution is -2.27. The van der Waals surface area contributed by atoms with Gasteiger partial charge in [0.25, 0.3) is 0 Å². The third-order valence-electron chi connectivity index (χ3n) is 10.3. The molecule has 2 aromatic heterocycles. The predicted molar refractivity (Wildman–Crippen MR) is 251 cm³/mol. The molecule has 0 aliphatic heterocycles. The monoisotopic (exact) mass is 860 g/mol. The largest absolute Gasteiger partial charge is 0.506 e. The molecule has 0 saturated heterocycles. The lowest BCUT2D eigenvalue weighted by atomic mass is 10.1. The van der Waals surface area contributed by atoms with Crippen LogP contribution in [0.5, 0.6) is 17.2 Å². The van der Waals surface area contributed by atoms with Gasteiger partial charge in [-0.3, -0.25) is 9.80 Å². The summed E-state index contributed by atoms with van der Waals surface area (Å²) in [7, 11) is 0. The Balaban J connectivity index is 1.13. The minimum atomic E-state index is 0.0636. The summed E-state index contributed by atoms with van der Waals surface area (Å²) in [6.07, 6.45) is 5.95. The number of aromatic nitrogens is 4. The highest BCUT2D eigenvalue weighted by atomic mass is 35.5. The number of nitrogens with one attached hydrogen (secondary N) is 2. The molecule has 0 amide bonds. The first-order valence-electron chi connectivity index (χ1n) is 21.4. The molecule has 61 heavy (non-hydrogen) atoms. The molecule has 6 aromatic rings. The maximum absolute atomic E-state index is 9.81. The van der Waals surface area contributed by atoms with E-state index in [4.69, 9.17) is 37.9 Å². The Morgan fingerprint density at radius 2 is 1.31 bits per heavy atom. The van der Waals surface area contributed by atoms with Crippen LogP contribution in [0.1, 0.15) is 63.3 Å². The highest BCUT2D eigenvalue weighted by Crippen LogP contribution is 2.36. The molecular formula is C49H58Cl2N8O2. The van der Waals surface area contributed by atoms with Crippen molar-refractivity contribution in [3.8, 4) is 39.8 Å². The molecule has 0 atom stereocenters. The topological polar surface area (TPSA) is 112 Å². The molecule has 0 aliphatic carbocycles. The average Bonchev–Trinajstić information content (AvgIpc) is 3.26. The second kappa shape index (κ2) is 22.5. The summed E-state index contributed by atoms with van der Waals surface area (Å²) < 4.78 is 6.49. The summed E-state index contributed by atoms with van der Waals surface area (Å²) in [5.41, 5.74) is 8.01. The van der Waals surface area contributed by atoms with Gasteiger partial charge in [-0.15, -0.1) is 0 Å². The lowest BCUT2D eigenvalue weighted by molar-refractivity contribution is 0.248. The smallest absolute Gasteiger partial charge is 0.223 e. The number of phenols is 1. The first kappa shape index (κ1) is 45.3. The van der Waals surface area contributed by atoms with Gasteiger partial charge in [0.2, 0.25) is 11.9 Å². The molecule has 0 aliphatic rings. The van der Waals surface area contributed by atoms with E-state index >= 15 is 0 Å². The minimum Gasteiger partial charge on any atom is -0.506 e. The van der Waals surface area contributed by atoms with Crippen LogP contribution in [0.15, 0.2) is 103 Å². The number of phenolic OH excluding ortho intramolecular Hbond substituents is 1. The Morgan fingerprint density at radius 1 is 0.672 bits per heavy atom. The number of nitrogens with zero attached hydrogens (tertiary/aromatic N) is 6. The fraction of sp³-hybridized carbons (Fsp3) is 0.347. The molecule has 320 valence electrons. The zero-order valence-corrected chi connectivity index (χ0v) is 37.5. The Bertz CT molecular complexity index is 2340. The van der Waals surface area contributed by atoms with Crippen molar-refractivity contribution in [2.45, 2.75) is 67.0 Å². The molecule has 0 bridgehead atoms. The number of hydrogen-bond donors (Lipinski definition) is 3. The highest BCUT2D eigenvalue weighted by molar-refractivity contribution is 6.32. The van der Waals surface area contributed by atoms with Crippen LogP contribution in [-0.2, 0) is 25.9 Å². The first-order chi connectivity index (χ1) is 29.6. The van der Waals surface area contributed by atoms with E-state index in [-0.39, 0.29) is 5.75 Å². The SMILES string of the molecule is CCCN(CC)Cc1cccc(-c2nc(NCCc3ccc(O)c(Cl)c3)ncc2Oc2ccc(CCNc3nccc(-c4cccc(CN(CC)CC(C)C)c4)n3)cc2Cl)c1. The molecule has 2 heterocycles. The van der Waals surface area contributed by atoms with E-state index in [1.54, 1.807) is 24.5 Å². The quantitative estimate of drug-likeness (QED) is 0.0610. The fourth-order valence-electron chi connectivity index (χ4n) is 7.24. The van der Waals surface area contributed by atoms with Gasteiger partial charge in [-0.25, -0.2) is 19.9 Å². The Labute approximate surface area is 371 Å². The van der Waals surface area contributed by atoms with Crippen LogP contribution in [0.4, 0.5) is 11.9 Å². The number of halogens is 2. The summed E-state index contributed by atoms with van der Waals surface area (Å²) in [6, 6.07) is 30.0. The van der Waals surface area contributed by atoms with Crippen molar-refractivity contribution < 1.29 is 9.84 Å². The van der Waals surface area contributed by atoms with Crippen molar-refractivity contribution in [1.82, 2.24) is 29.7 Å². The van der Waals surface area contributed by atoms with Crippen molar-refractivity contribution >= 4 is 35.1 Å². The van der Waals surface area contributed by atoms with Crippen LogP contribution in [0.25, 0.3) is 22.5 Å². The maximum atomic E-state index is 9.81. The van der Waals surface area contributed by atoms with Crippen molar-refractivity contribution in [3.63, 3.8) is 0 Å². The van der Waals surface area contributed by atoms with Gasteiger partial charge in [-0.1, -0.05) is 106 Å². The van der Waals surface area contributed by atoms with Gasteiger partial charge in [-0.2, -0.15) is 0 Å². The number of ether oxygens (including phenoxy) is 1. The third kappa shape index (κ3) is 13.4. The Hall–Kier alpha value is -5.26. The van der Waals surface area contributed by atoms with E-state index in [2.05, 4.69) is 107 Å². The zero-order chi connectivity index (χ0) is 43.1. The van der Waals surface area contributed by atoms with Crippen LogP contribution in [0.2, 0.25) is 10.0 Å². The molecule has 3 N–H and O–H groups in total. The molecular weight excluding hydrogens is 803 g/mol. The van der Waals surface area contributed by atoms with Gasteiger partial charge < -0.3 is 20.5 Å². The Morgan fingerprint density at radius 3 is 1.97 bits per heavy atom. The Kier molecular flexibility index (Phi) is 16.7. The van der Waals surface area contributed by atoms with E-state index < -0.39 is 0 Å². The van der Waals surface area contributed by atoms with Crippen LogP contribution in [0.3, 0.4) is 0 Å². The molecule has 0 saturated carbocycles. The van der Waals surface area contributed by atoms with Crippen LogP contribution >= 0.6 is 23.2 Å². The standard InChI is InChI=1S/C49H58Cl2N8O2/c1-6-25-58(7-2)32-38-12-10-14-40(27-38)47-46(30-55-49(57-47)53-23-19-35-15-17-44(60)41(50)28-35)61-45-18-16-36(29-42(45)51)20-22-52-48-54-24-21-43(56-48)39-13-9-11-37(26-39)33-59(8-3)31-34(4)5/h9-18,21,24,26-30,34,60H,6-8,19-20,22-23,25,31-33H2,1-5H3,(H,52,54,56)(H,53,55,57). The predicted octanol–water partition coefficient (Wildman–Crippen LogP) is 11.4. The van der Waals surface area contributed by atoms with Crippen molar-refractivity contribution in [3.05, 3.63) is 136 Å². The highest BCUT2D eigenvalue weighted by Gasteiger charge is 2.16. The number of benzene rings is 4. The molecule has 0 spiro atoms. The molecule has 0 radical (unpaired) electrons. The zero-order valence-electron chi connectivity index (χ0n) is 36.0. The maximum Gasteiger partial charge on any atom is 0.223 e. The number of anilines is 2. The minimum absolute atomic E-state index is 0.0636. The van der Waals surface area contributed by atoms with Gasteiger partial charge in [0.15, 0.2) is 5.75 Å². The molecule has 0 unspecified atom stereocenters. The van der Waals surface area contributed by atoms with Crippen molar-refractivity contribution in [2.75, 3.05) is 49.9 Å². The summed E-state index contributed by atoms with van der Waals surface area (Å²) in [4.78, 5) is 23.8. The van der Waals surface area contributed by atoms with E-state index in [1.807, 2.05) is 36.4 Å². The van der Waals surface area contributed by atoms with Crippen LogP contribution in [-0.4, -0.2) is 74.1 Å². The molecule has 0 fully saturated rings. The van der Waals surface area contributed by atoms with Gasteiger partial charge in [-0.05, 0) is 110 Å². The molecule has 12 heteroatoms. The molecule has 4 aromatic carbocycles. The summed E-state index contributed by atoms with van der Waals surface area (Å²) >= 11 is 13.0. The number of rotatable bonds is 22. The van der Waals surface area contributed by atoms with Gasteiger partial charge in [0.05, 0.1) is 21.9 Å². The summed E-state index contributed by atoms with van der Waals surface area (Å²) in [5, 5.41) is 17.4. The van der Waals surface area contributed by atoms with E-state index in [1.165, 1.54) is 11.1 Å². The normalized spacial score (nSPS) is 11.4. The van der Waals surface area contributed by atoms with Gasteiger partial charge in [0.1, 0.15) is 17.2 Å². The first-order valence-corrected chi connectivity index (χ1v) is 22.1. The van der Waals surface area contributed by atoms with E-state index in [0.717, 1.165) is 73.6 Å². The van der Waals surface area contributed by atoms with Crippen molar-refractivity contribution in [1.29, 1.82) is 0 Å². The van der Waals surface area contributed by atoms with Crippen LogP contribution in [0, 0.1) is 5.92 Å². The fourth-order valence-corrected chi connectivity index (χ4v) is 7.68. The van der Waals surface area contributed by atoms with E-state index in [0.29, 0.717) is 71.0 Å². The van der Waals surface area contributed by atoms with Gasteiger partial charge in [0, 0.05) is 50.0 Å². The third-order valence-corrected chi connectivity index (χ3v) is 10.9. The number of hydrogen-bond acceptors (Lipinski definition) is 10.